The number of carbonyl (C=O) groups excluding carboxylic acids is 1. The minimum Gasteiger partial charge on any atom is -0.497 e. The van der Waals surface area contributed by atoms with Gasteiger partial charge in [0.1, 0.15) is 22.9 Å². The van der Waals surface area contributed by atoms with Gasteiger partial charge < -0.3 is 20.1 Å². The van der Waals surface area contributed by atoms with Gasteiger partial charge in [-0.3, -0.25) is 15.6 Å². The fourth-order valence-corrected chi connectivity index (χ4v) is 3.31. The molecule has 9 nitrogen and oxygen atoms in total. The van der Waals surface area contributed by atoms with Crippen LogP contribution in [0.15, 0.2) is 24.4 Å². The van der Waals surface area contributed by atoms with Crippen LogP contribution in [0.1, 0.15) is 29.7 Å². The molecule has 1 aliphatic heterocycles. The Bertz CT molecular complexity index is 981. The zero-order chi connectivity index (χ0) is 22.8. The number of rotatable bonds is 4. The number of methoxy groups -OCH3 is 2. The first-order valence-electron chi connectivity index (χ1n) is 9.14. The van der Waals surface area contributed by atoms with Gasteiger partial charge >= 0.3 is 6.18 Å². The molecule has 1 aliphatic rings. The van der Waals surface area contributed by atoms with E-state index in [0.717, 1.165) is 10.9 Å². The van der Waals surface area contributed by atoms with Crippen LogP contribution in [0.5, 0.6) is 11.5 Å². The monoisotopic (exact) mass is 458 g/mol. The van der Waals surface area contributed by atoms with E-state index in [1.165, 1.54) is 14.2 Å². The van der Waals surface area contributed by atoms with E-state index in [-0.39, 0.29) is 22.9 Å². The van der Waals surface area contributed by atoms with Gasteiger partial charge in [0.2, 0.25) is 0 Å². The van der Waals surface area contributed by atoms with Crippen LogP contribution >= 0.6 is 12.2 Å². The lowest BCUT2D eigenvalue weighted by molar-refractivity contribution is -0.173. The summed E-state index contributed by atoms with van der Waals surface area (Å²) in [5, 5.41) is 9.53. The van der Waals surface area contributed by atoms with Crippen molar-refractivity contribution >= 4 is 34.7 Å². The molecular weight excluding hydrogens is 437 g/mol. The summed E-state index contributed by atoms with van der Waals surface area (Å²) >= 11 is 5.15. The fourth-order valence-electron chi connectivity index (χ4n) is 3.14. The standard InChI is InChI=1S/C18H21F3N6O3S/c1-9-6-14(18(19,20)21)27-15(23-9)11(8-22-27)16(28)25-26-17(31)24-12-5-4-10(29-2)7-13(12)30-3/h4-5,7-9,14,23H,6H2,1-3H3,(H,25,28)(H2,24,26,31)/t9-,14+/m1/s1. The molecule has 31 heavy (non-hydrogen) atoms. The zero-order valence-corrected chi connectivity index (χ0v) is 17.6. The zero-order valence-electron chi connectivity index (χ0n) is 16.8. The Kier molecular flexibility index (Phi) is 6.43. The first-order chi connectivity index (χ1) is 14.6. The van der Waals surface area contributed by atoms with Crippen molar-refractivity contribution in [1.29, 1.82) is 0 Å². The number of benzene rings is 1. The first-order valence-corrected chi connectivity index (χ1v) is 9.55. The maximum atomic E-state index is 13.3. The van der Waals surface area contributed by atoms with Crippen molar-refractivity contribution < 1.29 is 27.4 Å². The third-order valence-electron chi connectivity index (χ3n) is 4.62. The predicted molar refractivity (Wildman–Crippen MR) is 111 cm³/mol. The molecule has 0 fully saturated rings. The number of ether oxygens (including phenoxy) is 2. The number of alkyl halides is 3. The number of halogens is 3. The van der Waals surface area contributed by atoms with Crippen molar-refractivity contribution in [3.8, 4) is 11.5 Å². The second-order valence-electron chi connectivity index (χ2n) is 6.79. The normalized spacial score (nSPS) is 17.7. The lowest BCUT2D eigenvalue weighted by Crippen LogP contribution is -2.44. The number of anilines is 2. The van der Waals surface area contributed by atoms with Crippen molar-refractivity contribution in [2.75, 3.05) is 24.9 Å². The second kappa shape index (κ2) is 8.88. The van der Waals surface area contributed by atoms with Gasteiger partial charge in [-0.05, 0) is 37.7 Å². The summed E-state index contributed by atoms with van der Waals surface area (Å²) in [4.78, 5) is 12.5. The molecule has 0 saturated heterocycles. The minimum absolute atomic E-state index is 0.00363. The molecule has 3 rings (SSSR count). The topological polar surface area (TPSA) is 101 Å². The Labute approximate surface area is 181 Å². The summed E-state index contributed by atoms with van der Waals surface area (Å²) in [6.07, 6.45) is -3.58. The quantitative estimate of drug-likeness (QED) is 0.410. The van der Waals surface area contributed by atoms with Crippen molar-refractivity contribution in [1.82, 2.24) is 20.6 Å². The number of carbonyl (C=O) groups is 1. The second-order valence-corrected chi connectivity index (χ2v) is 7.20. The summed E-state index contributed by atoms with van der Waals surface area (Å²) in [6, 6.07) is 2.71. The summed E-state index contributed by atoms with van der Waals surface area (Å²) in [6.45, 7) is 1.61. The highest BCUT2D eigenvalue weighted by Gasteiger charge is 2.46. The molecule has 1 aromatic carbocycles. The van der Waals surface area contributed by atoms with Crippen LogP contribution in [-0.4, -0.2) is 47.2 Å². The minimum atomic E-state index is -4.48. The van der Waals surface area contributed by atoms with Gasteiger partial charge in [0.05, 0.1) is 26.1 Å². The van der Waals surface area contributed by atoms with Crippen LogP contribution < -0.4 is 31.0 Å². The molecular formula is C18H21F3N6O3S. The summed E-state index contributed by atoms with van der Waals surface area (Å²) in [7, 11) is 3.00. The van der Waals surface area contributed by atoms with Crippen LogP contribution in [0.25, 0.3) is 0 Å². The van der Waals surface area contributed by atoms with Gasteiger partial charge in [-0.1, -0.05) is 0 Å². The number of nitrogens with one attached hydrogen (secondary N) is 4. The summed E-state index contributed by atoms with van der Waals surface area (Å²) < 4.78 is 51.1. The molecule has 2 atom stereocenters. The Morgan fingerprint density at radius 3 is 2.68 bits per heavy atom. The number of fused-ring (bicyclic) bond motifs is 1. The number of nitrogens with zero attached hydrogens (tertiary/aromatic N) is 2. The Morgan fingerprint density at radius 1 is 1.29 bits per heavy atom. The van der Waals surface area contributed by atoms with Crippen molar-refractivity contribution in [2.45, 2.75) is 31.6 Å². The first kappa shape index (κ1) is 22.5. The van der Waals surface area contributed by atoms with Crippen LogP contribution in [0, 0.1) is 0 Å². The molecule has 4 N–H and O–H groups in total. The molecule has 0 radical (unpaired) electrons. The average molecular weight is 458 g/mol. The average Bonchev–Trinajstić information content (AvgIpc) is 3.14. The molecule has 0 bridgehead atoms. The van der Waals surface area contributed by atoms with Crippen LogP contribution in [0.3, 0.4) is 0 Å². The maximum absolute atomic E-state index is 13.3. The maximum Gasteiger partial charge on any atom is 0.410 e. The van der Waals surface area contributed by atoms with E-state index in [9.17, 15) is 18.0 Å². The van der Waals surface area contributed by atoms with Crippen molar-refractivity contribution in [2.24, 2.45) is 0 Å². The molecule has 168 valence electrons. The van der Waals surface area contributed by atoms with Gasteiger partial charge in [-0.25, -0.2) is 4.68 Å². The number of hydrazine groups is 1. The SMILES string of the molecule is COc1ccc(NC(=S)NNC(=O)c2cnn3c2N[C@H](C)C[C@H]3C(F)(F)F)c(OC)c1. The summed E-state index contributed by atoms with van der Waals surface area (Å²) in [5.41, 5.74) is 5.33. The fraction of sp³-hybridized carbons (Fsp3) is 0.389. The third-order valence-corrected chi connectivity index (χ3v) is 4.82. The van der Waals surface area contributed by atoms with Crippen molar-refractivity contribution in [3.63, 3.8) is 0 Å². The van der Waals surface area contributed by atoms with E-state index in [0.29, 0.717) is 17.2 Å². The van der Waals surface area contributed by atoms with E-state index in [2.05, 4.69) is 26.6 Å². The van der Waals surface area contributed by atoms with E-state index in [1.807, 2.05) is 0 Å². The van der Waals surface area contributed by atoms with E-state index < -0.39 is 24.2 Å². The lowest BCUT2D eigenvalue weighted by atomic mass is 10.1. The molecule has 0 saturated carbocycles. The van der Waals surface area contributed by atoms with Crippen molar-refractivity contribution in [3.05, 3.63) is 30.0 Å². The molecule has 0 unspecified atom stereocenters. The number of amides is 1. The Morgan fingerprint density at radius 2 is 2.03 bits per heavy atom. The van der Waals surface area contributed by atoms with Crippen LogP contribution in [0.4, 0.5) is 24.7 Å². The van der Waals surface area contributed by atoms with E-state index in [4.69, 9.17) is 21.7 Å². The Balaban J connectivity index is 1.67. The van der Waals surface area contributed by atoms with E-state index >= 15 is 0 Å². The molecule has 1 amide bonds. The molecule has 2 aromatic rings. The van der Waals surface area contributed by atoms with Crippen LogP contribution in [-0.2, 0) is 0 Å². The molecule has 2 heterocycles. The van der Waals surface area contributed by atoms with Gasteiger partial charge in [-0.15, -0.1) is 0 Å². The highest BCUT2D eigenvalue weighted by Crippen LogP contribution is 2.40. The van der Waals surface area contributed by atoms with Gasteiger partial charge in [0.25, 0.3) is 5.91 Å². The highest BCUT2D eigenvalue weighted by molar-refractivity contribution is 7.80. The molecule has 13 heteroatoms. The van der Waals surface area contributed by atoms with Gasteiger partial charge in [0.15, 0.2) is 11.2 Å². The largest absolute Gasteiger partial charge is 0.497 e. The Hall–Kier alpha value is -3.22. The third kappa shape index (κ3) is 4.93. The number of thiocarbonyl (C=S) groups is 1. The molecule has 1 aromatic heterocycles. The lowest BCUT2D eigenvalue weighted by Gasteiger charge is -2.31. The van der Waals surface area contributed by atoms with E-state index in [1.54, 1.807) is 25.1 Å². The molecule has 0 spiro atoms. The molecule has 0 aliphatic carbocycles. The van der Waals surface area contributed by atoms with Crippen LogP contribution in [0.2, 0.25) is 0 Å². The van der Waals surface area contributed by atoms with Gasteiger partial charge in [-0.2, -0.15) is 18.3 Å². The number of hydrogen-bond acceptors (Lipinski definition) is 6. The number of aromatic nitrogens is 2. The number of hydrogen-bond donors (Lipinski definition) is 4. The smallest absolute Gasteiger partial charge is 0.410 e. The predicted octanol–water partition coefficient (Wildman–Crippen LogP) is 2.84. The highest BCUT2D eigenvalue weighted by atomic mass is 32.1. The van der Waals surface area contributed by atoms with Gasteiger partial charge in [0, 0.05) is 12.1 Å². The summed E-state index contributed by atoms with van der Waals surface area (Å²) in [5.74, 6) is 0.335.